The van der Waals surface area contributed by atoms with E-state index in [-0.39, 0.29) is 45.8 Å². The Morgan fingerprint density at radius 3 is 2.65 bits per heavy atom. The molecule has 0 spiro atoms. The predicted octanol–water partition coefficient (Wildman–Crippen LogP) is 3.40. The van der Waals surface area contributed by atoms with Gasteiger partial charge in [-0.2, -0.15) is 5.10 Å². The first-order chi connectivity index (χ1) is 20.3. The van der Waals surface area contributed by atoms with Crippen LogP contribution in [0.3, 0.4) is 0 Å². The van der Waals surface area contributed by atoms with Gasteiger partial charge in [0.1, 0.15) is 5.15 Å². The van der Waals surface area contributed by atoms with Crippen LogP contribution in [0.5, 0.6) is 0 Å². The number of pyridine rings is 1. The van der Waals surface area contributed by atoms with E-state index in [0.29, 0.717) is 34.7 Å². The van der Waals surface area contributed by atoms with Crippen LogP contribution in [0.4, 0.5) is 16.0 Å². The Hall–Kier alpha value is -4.04. The zero-order valence-electron chi connectivity index (χ0n) is 23.9. The SMILES string of the molecule is Cc1cc([C@@H](C)Nc2ccc(Cl)nc2C(=O)NS(C)(=O)=O)c2nc(N3C[C@@H]4C[C@H]3C[C@@H]4c3[nH]ncc3F)n(C)c(=O)c2c1. The fraction of sp³-hybridized carbons (Fsp3) is 0.393. The van der Waals surface area contributed by atoms with Crippen molar-refractivity contribution < 1.29 is 17.6 Å². The topological polar surface area (TPSA) is 155 Å². The molecule has 2 aliphatic rings. The number of hydrogen-bond donors (Lipinski definition) is 3. The van der Waals surface area contributed by atoms with Crippen LogP contribution in [0.15, 0.2) is 35.3 Å². The number of aromatic nitrogens is 5. The highest BCUT2D eigenvalue weighted by molar-refractivity contribution is 7.89. The van der Waals surface area contributed by atoms with Crippen LogP contribution in [-0.4, -0.2) is 57.9 Å². The summed E-state index contributed by atoms with van der Waals surface area (Å²) in [6.45, 7) is 4.36. The molecule has 3 N–H and O–H groups in total. The number of fused-ring (bicyclic) bond motifs is 3. The zero-order valence-corrected chi connectivity index (χ0v) is 25.4. The molecule has 15 heteroatoms. The first kappa shape index (κ1) is 29.1. The highest BCUT2D eigenvalue weighted by Crippen LogP contribution is 2.48. The van der Waals surface area contributed by atoms with Crippen LogP contribution in [-0.2, 0) is 17.1 Å². The van der Waals surface area contributed by atoms with Crippen molar-refractivity contribution in [1.82, 2.24) is 29.5 Å². The van der Waals surface area contributed by atoms with Crippen molar-refractivity contribution in [2.45, 2.75) is 44.7 Å². The first-order valence-corrected chi connectivity index (χ1v) is 16.0. The highest BCUT2D eigenvalue weighted by atomic mass is 35.5. The maximum Gasteiger partial charge on any atom is 0.285 e. The number of carbonyl (C=O) groups excluding carboxylic acids is 1. The van der Waals surface area contributed by atoms with Crippen LogP contribution in [0.1, 0.15) is 59.0 Å². The number of carbonyl (C=O) groups is 1. The minimum Gasteiger partial charge on any atom is -0.377 e. The van der Waals surface area contributed by atoms with Gasteiger partial charge < -0.3 is 10.2 Å². The summed E-state index contributed by atoms with van der Waals surface area (Å²) in [4.78, 5) is 37.6. The Kier molecular flexibility index (Phi) is 7.16. The number of hydrogen-bond acceptors (Lipinski definition) is 9. The maximum absolute atomic E-state index is 14.3. The number of nitrogens with one attached hydrogen (secondary N) is 3. The van der Waals surface area contributed by atoms with E-state index in [9.17, 15) is 22.4 Å². The summed E-state index contributed by atoms with van der Waals surface area (Å²) in [6.07, 6.45) is 3.65. The van der Waals surface area contributed by atoms with E-state index in [1.807, 2.05) is 24.6 Å². The van der Waals surface area contributed by atoms with E-state index in [0.717, 1.165) is 24.7 Å². The average molecular weight is 629 g/mol. The number of aryl methyl sites for hydroxylation is 1. The summed E-state index contributed by atoms with van der Waals surface area (Å²) in [7, 11) is -2.14. The molecule has 12 nitrogen and oxygen atoms in total. The molecule has 4 heterocycles. The number of rotatable bonds is 7. The van der Waals surface area contributed by atoms with Crippen molar-refractivity contribution in [3.63, 3.8) is 0 Å². The lowest BCUT2D eigenvalue weighted by atomic mass is 9.91. The fourth-order valence-electron chi connectivity index (χ4n) is 6.47. The number of halogens is 2. The van der Waals surface area contributed by atoms with Gasteiger partial charge in [-0.15, -0.1) is 0 Å². The molecule has 0 radical (unpaired) electrons. The third-order valence-corrected chi connectivity index (χ3v) is 9.08. The van der Waals surface area contributed by atoms with Gasteiger partial charge in [0.2, 0.25) is 16.0 Å². The van der Waals surface area contributed by atoms with Crippen LogP contribution < -0.4 is 20.5 Å². The van der Waals surface area contributed by atoms with E-state index in [1.165, 1.54) is 12.3 Å². The number of piperidine rings is 1. The third-order valence-electron chi connectivity index (χ3n) is 8.31. The molecule has 4 atom stereocenters. The lowest BCUT2D eigenvalue weighted by Gasteiger charge is -2.33. The Morgan fingerprint density at radius 1 is 1.23 bits per heavy atom. The molecular formula is C28H30ClFN8O4S. The van der Waals surface area contributed by atoms with Gasteiger partial charge >= 0.3 is 0 Å². The van der Waals surface area contributed by atoms with E-state index >= 15 is 0 Å². The summed E-state index contributed by atoms with van der Waals surface area (Å²) in [5.74, 6) is -0.493. The molecule has 1 amide bonds. The molecule has 1 aromatic carbocycles. The Bertz CT molecular complexity index is 1940. The van der Waals surface area contributed by atoms with Crippen molar-refractivity contribution in [2.24, 2.45) is 13.0 Å². The molecule has 1 aliphatic heterocycles. The van der Waals surface area contributed by atoms with Crippen LogP contribution in [0.25, 0.3) is 10.9 Å². The fourth-order valence-corrected chi connectivity index (χ4v) is 7.06. The van der Waals surface area contributed by atoms with Crippen molar-refractivity contribution in [3.8, 4) is 0 Å². The minimum atomic E-state index is -3.85. The predicted molar refractivity (Wildman–Crippen MR) is 160 cm³/mol. The summed E-state index contributed by atoms with van der Waals surface area (Å²) in [5.41, 5.74) is 2.46. The molecule has 1 saturated carbocycles. The van der Waals surface area contributed by atoms with Crippen LogP contribution >= 0.6 is 11.6 Å². The lowest BCUT2D eigenvalue weighted by Crippen LogP contribution is -2.39. The van der Waals surface area contributed by atoms with E-state index in [2.05, 4.69) is 25.4 Å². The summed E-state index contributed by atoms with van der Waals surface area (Å²) in [5, 5.41) is 10.4. The molecule has 2 fully saturated rings. The smallest absolute Gasteiger partial charge is 0.285 e. The average Bonchev–Trinajstić information content (AvgIpc) is 3.66. The summed E-state index contributed by atoms with van der Waals surface area (Å²) >= 11 is 6.03. The number of H-pyrrole nitrogens is 1. The zero-order chi connectivity index (χ0) is 30.8. The maximum atomic E-state index is 14.3. The quantitative estimate of drug-likeness (QED) is 0.261. The van der Waals surface area contributed by atoms with Crippen molar-refractivity contribution >= 4 is 50.1 Å². The molecular weight excluding hydrogens is 599 g/mol. The second kappa shape index (κ2) is 10.6. The van der Waals surface area contributed by atoms with Crippen molar-refractivity contribution in [3.05, 3.63) is 74.3 Å². The highest BCUT2D eigenvalue weighted by Gasteiger charge is 2.47. The van der Waals surface area contributed by atoms with Gasteiger partial charge in [-0.25, -0.2) is 27.5 Å². The second-order valence-corrected chi connectivity index (χ2v) is 13.5. The Balaban J connectivity index is 1.36. The van der Waals surface area contributed by atoms with E-state index in [1.54, 1.807) is 23.7 Å². The summed E-state index contributed by atoms with van der Waals surface area (Å²) in [6, 6.07) is 6.35. The molecule has 0 unspecified atom stereocenters. The van der Waals surface area contributed by atoms with Gasteiger partial charge in [0, 0.05) is 31.1 Å². The Morgan fingerprint density at radius 2 is 2.00 bits per heavy atom. The number of nitrogens with zero attached hydrogens (tertiary/aromatic N) is 5. The van der Waals surface area contributed by atoms with Crippen molar-refractivity contribution in [2.75, 3.05) is 23.0 Å². The number of anilines is 2. The molecule has 2 bridgehead atoms. The number of sulfonamides is 1. The molecule has 6 rings (SSSR count). The van der Waals surface area contributed by atoms with Crippen LogP contribution in [0.2, 0.25) is 5.15 Å². The Labute approximate surface area is 251 Å². The van der Waals surface area contributed by atoms with Crippen molar-refractivity contribution in [1.29, 1.82) is 0 Å². The monoisotopic (exact) mass is 628 g/mol. The second-order valence-electron chi connectivity index (χ2n) is 11.4. The number of aromatic amines is 1. The molecule has 1 aliphatic carbocycles. The normalized spacial score (nSPS) is 20.5. The standard InChI is InChI=1S/C28H30ClFN8O4S/c1-13-7-17(14(2)32-21-5-6-22(29)33-25(21)26(39)36-43(4,41)42)23-19(8-13)27(40)37(3)28(34-23)38-12-15-9-16(38)10-18(15)24-20(30)11-31-35-24/h5-8,11,14-16,18,32H,9-10,12H2,1-4H3,(H,31,35)(H,36,39)/t14-,15+,16+,18+/m1/s1. The van der Waals surface area contributed by atoms with E-state index in [4.69, 9.17) is 16.6 Å². The van der Waals surface area contributed by atoms with Gasteiger partial charge in [0.15, 0.2) is 11.5 Å². The lowest BCUT2D eigenvalue weighted by molar-refractivity contribution is 0.0977. The van der Waals surface area contributed by atoms with Gasteiger partial charge in [-0.05, 0) is 56.4 Å². The number of amides is 1. The largest absolute Gasteiger partial charge is 0.377 e. The number of benzene rings is 1. The molecule has 1 saturated heterocycles. The van der Waals surface area contributed by atoms with Gasteiger partial charge in [-0.1, -0.05) is 17.7 Å². The molecule has 226 valence electrons. The van der Waals surface area contributed by atoms with Gasteiger partial charge in [0.25, 0.3) is 11.5 Å². The van der Waals surface area contributed by atoms with Gasteiger partial charge in [-0.3, -0.25) is 19.3 Å². The van der Waals surface area contributed by atoms with Crippen LogP contribution in [0, 0.1) is 18.7 Å². The van der Waals surface area contributed by atoms with E-state index < -0.39 is 22.0 Å². The third kappa shape index (κ3) is 5.33. The first-order valence-electron chi connectivity index (χ1n) is 13.7. The van der Waals surface area contributed by atoms with Gasteiger partial charge in [0.05, 0.1) is 40.8 Å². The molecule has 3 aromatic heterocycles. The summed E-state index contributed by atoms with van der Waals surface area (Å²) < 4.78 is 41.2. The molecule has 43 heavy (non-hydrogen) atoms. The molecule has 4 aromatic rings. The minimum absolute atomic E-state index is 0.0186.